The summed E-state index contributed by atoms with van der Waals surface area (Å²) in [7, 11) is 0. The van der Waals surface area contributed by atoms with Gasteiger partial charge in [-0.3, -0.25) is 9.69 Å². The van der Waals surface area contributed by atoms with Gasteiger partial charge in [-0.2, -0.15) is 0 Å². The number of hydrogen-bond donors (Lipinski definition) is 3. The van der Waals surface area contributed by atoms with Crippen LogP contribution in [-0.2, 0) is 4.79 Å². The normalized spacial score (nSPS) is 10.9. The summed E-state index contributed by atoms with van der Waals surface area (Å²) < 4.78 is 1.60. The van der Waals surface area contributed by atoms with E-state index in [2.05, 4.69) is 37.2 Å². The standard InChI is InChI=1S/C13H18Br2N2O3/c1-9-6-10(14)13(11(15)7-9)16-12(20)8-17(2-4-18)3-5-19/h6-7,18-19H,2-5,8H2,1H3,(H,16,20). The highest BCUT2D eigenvalue weighted by Gasteiger charge is 2.13. The lowest BCUT2D eigenvalue weighted by atomic mass is 10.2. The maximum Gasteiger partial charge on any atom is 0.238 e. The predicted molar refractivity (Wildman–Crippen MR) is 85.8 cm³/mol. The minimum Gasteiger partial charge on any atom is -0.395 e. The first-order valence-corrected chi connectivity index (χ1v) is 7.76. The van der Waals surface area contributed by atoms with E-state index in [4.69, 9.17) is 10.2 Å². The molecule has 0 aliphatic heterocycles. The zero-order valence-corrected chi connectivity index (χ0v) is 14.4. The van der Waals surface area contributed by atoms with Gasteiger partial charge in [-0.15, -0.1) is 0 Å². The summed E-state index contributed by atoms with van der Waals surface area (Å²) in [5.41, 5.74) is 1.75. The Bertz CT molecular complexity index is 440. The molecule has 0 aliphatic rings. The number of halogens is 2. The maximum absolute atomic E-state index is 12.0. The number of anilines is 1. The summed E-state index contributed by atoms with van der Waals surface area (Å²) in [4.78, 5) is 13.7. The second kappa shape index (κ2) is 8.74. The van der Waals surface area contributed by atoms with Gasteiger partial charge in [0.25, 0.3) is 0 Å². The molecule has 7 heteroatoms. The van der Waals surface area contributed by atoms with Crippen molar-refractivity contribution in [1.29, 1.82) is 0 Å². The number of rotatable bonds is 7. The van der Waals surface area contributed by atoms with E-state index in [9.17, 15) is 4.79 Å². The largest absolute Gasteiger partial charge is 0.395 e. The summed E-state index contributed by atoms with van der Waals surface area (Å²) in [5, 5.41) is 20.6. The van der Waals surface area contributed by atoms with Crippen molar-refractivity contribution in [3.8, 4) is 0 Å². The quantitative estimate of drug-likeness (QED) is 0.641. The number of benzene rings is 1. The van der Waals surface area contributed by atoms with Crippen molar-refractivity contribution < 1.29 is 15.0 Å². The molecule has 20 heavy (non-hydrogen) atoms. The highest BCUT2D eigenvalue weighted by Crippen LogP contribution is 2.32. The molecule has 0 aromatic heterocycles. The fraction of sp³-hybridized carbons (Fsp3) is 0.462. The molecule has 3 N–H and O–H groups in total. The van der Waals surface area contributed by atoms with Crippen LogP contribution < -0.4 is 5.32 Å². The van der Waals surface area contributed by atoms with E-state index in [1.807, 2.05) is 19.1 Å². The Balaban J connectivity index is 2.70. The molecule has 112 valence electrons. The van der Waals surface area contributed by atoms with Gasteiger partial charge in [0.05, 0.1) is 25.4 Å². The molecule has 0 spiro atoms. The Labute approximate surface area is 135 Å². The first-order valence-electron chi connectivity index (χ1n) is 6.17. The minimum absolute atomic E-state index is 0.0504. The average Bonchev–Trinajstić information content (AvgIpc) is 2.34. The lowest BCUT2D eigenvalue weighted by molar-refractivity contribution is -0.117. The SMILES string of the molecule is Cc1cc(Br)c(NC(=O)CN(CCO)CCO)c(Br)c1. The first kappa shape index (κ1) is 17.6. The average molecular weight is 410 g/mol. The van der Waals surface area contributed by atoms with E-state index >= 15 is 0 Å². The summed E-state index contributed by atoms with van der Waals surface area (Å²) >= 11 is 6.83. The third-order valence-electron chi connectivity index (χ3n) is 2.65. The highest BCUT2D eigenvalue weighted by atomic mass is 79.9. The Morgan fingerprint density at radius 2 is 1.70 bits per heavy atom. The van der Waals surface area contributed by atoms with Crippen LogP contribution in [0.2, 0.25) is 0 Å². The lowest BCUT2D eigenvalue weighted by Crippen LogP contribution is -2.37. The van der Waals surface area contributed by atoms with Crippen LogP contribution in [0.3, 0.4) is 0 Å². The number of aliphatic hydroxyl groups is 2. The van der Waals surface area contributed by atoms with E-state index in [1.54, 1.807) is 4.90 Å². The van der Waals surface area contributed by atoms with Crippen molar-refractivity contribution in [2.45, 2.75) is 6.92 Å². The zero-order valence-electron chi connectivity index (χ0n) is 11.2. The zero-order chi connectivity index (χ0) is 15.1. The molecule has 0 saturated heterocycles. The maximum atomic E-state index is 12.0. The first-order chi connectivity index (χ1) is 9.47. The molecule has 0 aliphatic carbocycles. The van der Waals surface area contributed by atoms with Gasteiger partial charge in [0.15, 0.2) is 0 Å². The molecule has 0 heterocycles. The monoisotopic (exact) mass is 408 g/mol. The summed E-state index contributed by atoms with van der Waals surface area (Å²) in [6.45, 7) is 2.68. The molecule has 1 aromatic carbocycles. The third kappa shape index (κ3) is 5.49. The summed E-state index contributed by atoms with van der Waals surface area (Å²) in [6.07, 6.45) is 0. The molecule has 1 rings (SSSR count). The van der Waals surface area contributed by atoms with Crippen LogP contribution in [0.1, 0.15) is 5.56 Å². The van der Waals surface area contributed by atoms with Crippen LogP contribution in [0, 0.1) is 6.92 Å². The van der Waals surface area contributed by atoms with Crippen LogP contribution in [0.4, 0.5) is 5.69 Å². The van der Waals surface area contributed by atoms with Crippen LogP contribution in [-0.4, -0.2) is 53.9 Å². The molecule has 0 radical (unpaired) electrons. The Morgan fingerprint density at radius 1 is 1.20 bits per heavy atom. The van der Waals surface area contributed by atoms with E-state index in [-0.39, 0.29) is 25.7 Å². The van der Waals surface area contributed by atoms with Gasteiger partial charge in [-0.05, 0) is 56.5 Å². The molecule has 5 nitrogen and oxygen atoms in total. The third-order valence-corrected chi connectivity index (χ3v) is 3.90. The Hall–Kier alpha value is -0.470. The number of nitrogens with zero attached hydrogens (tertiary/aromatic N) is 1. The van der Waals surface area contributed by atoms with Crippen LogP contribution in [0.25, 0.3) is 0 Å². The molecular weight excluding hydrogens is 392 g/mol. The van der Waals surface area contributed by atoms with Gasteiger partial charge in [0.2, 0.25) is 5.91 Å². The van der Waals surface area contributed by atoms with Gasteiger partial charge >= 0.3 is 0 Å². The van der Waals surface area contributed by atoms with Crippen LogP contribution >= 0.6 is 31.9 Å². The van der Waals surface area contributed by atoms with Crippen molar-refractivity contribution in [2.24, 2.45) is 0 Å². The van der Waals surface area contributed by atoms with Crippen LogP contribution in [0.15, 0.2) is 21.1 Å². The summed E-state index contributed by atoms with van der Waals surface area (Å²) in [5.74, 6) is -0.197. The van der Waals surface area contributed by atoms with Gasteiger partial charge in [0, 0.05) is 22.0 Å². The number of amides is 1. The van der Waals surface area contributed by atoms with E-state index in [1.165, 1.54) is 0 Å². The van der Waals surface area contributed by atoms with Crippen molar-refractivity contribution in [1.82, 2.24) is 4.90 Å². The molecule has 0 saturated carbocycles. The topological polar surface area (TPSA) is 72.8 Å². The number of nitrogens with one attached hydrogen (secondary N) is 1. The van der Waals surface area contributed by atoms with Crippen molar-refractivity contribution in [3.05, 3.63) is 26.6 Å². The second-order valence-electron chi connectivity index (χ2n) is 4.38. The molecule has 1 aromatic rings. The predicted octanol–water partition coefficient (Wildman–Crippen LogP) is 1.75. The van der Waals surface area contributed by atoms with Crippen molar-refractivity contribution in [3.63, 3.8) is 0 Å². The van der Waals surface area contributed by atoms with Gasteiger partial charge in [-0.25, -0.2) is 0 Å². The molecular formula is C13H18Br2N2O3. The van der Waals surface area contributed by atoms with Gasteiger partial charge in [-0.1, -0.05) is 0 Å². The molecule has 0 bridgehead atoms. The lowest BCUT2D eigenvalue weighted by Gasteiger charge is -2.20. The number of carbonyl (C=O) groups is 1. The number of aliphatic hydroxyl groups excluding tert-OH is 2. The molecule has 0 unspecified atom stereocenters. The molecule has 1 amide bonds. The number of carbonyl (C=O) groups excluding carboxylic acids is 1. The molecule has 0 atom stereocenters. The van der Waals surface area contributed by atoms with E-state index in [0.29, 0.717) is 18.8 Å². The Kier molecular flexibility index (Phi) is 7.68. The minimum atomic E-state index is -0.197. The number of hydrogen-bond acceptors (Lipinski definition) is 4. The van der Waals surface area contributed by atoms with Gasteiger partial charge < -0.3 is 15.5 Å². The van der Waals surface area contributed by atoms with E-state index in [0.717, 1.165) is 14.5 Å². The summed E-state index contributed by atoms with van der Waals surface area (Å²) in [6, 6.07) is 3.83. The number of aryl methyl sites for hydroxylation is 1. The Morgan fingerprint density at radius 3 is 2.15 bits per heavy atom. The smallest absolute Gasteiger partial charge is 0.238 e. The fourth-order valence-corrected chi connectivity index (χ4v) is 3.37. The van der Waals surface area contributed by atoms with Crippen molar-refractivity contribution in [2.75, 3.05) is 38.2 Å². The fourth-order valence-electron chi connectivity index (χ4n) is 1.75. The van der Waals surface area contributed by atoms with E-state index < -0.39 is 0 Å². The van der Waals surface area contributed by atoms with Gasteiger partial charge in [0.1, 0.15) is 0 Å². The molecule has 0 fully saturated rings. The second-order valence-corrected chi connectivity index (χ2v) is 6.08. The highest BCUT2D eigenvalue weighted by molar-refractivity contribution is 9.11. The van der Waals surface area contributed by atoms with Crippen LogP contribution in [0.5, 0.6) is 0 Å². The van der Waals surface area contributed by atoms with Crippen molar-refractivity contribution >= 4 is 43.5 Å².